The van der Waals surface area contributed by atoms with Gasteiger partial charge in [-0.2, -0.15) is 5.26 Å². The zero-order chi connectivity index (χ0) is 25.8. The number of carbonyl (C=O) groups is 1. The lowest BCUT2D eigenvalue weighted by Crippen LogP contribution is -2.50. The molecule has 36 heavy (non-hydrogen) atoms. The highest BCUT2D eigenvalue weighted by atomic mass is 35.5. The van der Waals surface area contributed by atoms with E-state index in [2.05, 4.69) is 20.5 Å². The van der Waals surface area contributed by atoms with Gasteiger partial charge in [-0.3, -0.25) is 9.69 Å². The summed E-state index contributed by atoms with van der Waals surface area (Å²) in [5, 5.41) is 10.4. The molecule has 2 atom stereocenters. The Morgan fingerprint density at radius 1 is 1.25 bits per heavy atom. The van der Waals surface area contributed by atoms with Gasteiger partial charge in [-0.05, 0) is 49.1 Å². The number of piperazine rings is 1. The molecule has 4 bridgehead atoms. The van der Waals surface area contributed by atoms with Gasteiger partial charge < -0.3 is 14.2 Å². The van der Waals surface area contributed by atoms with Crippen molar-refractivity contribution >= 4 is 17.5 Å². The van der Waals surface area contributed by atoms with E-state index in [0.717, 1.165) is 42.0 Å². The highest BCUT2D eigenvalue weighted by Gasteiger charge is 2.31. The first-order valence-electron chi connectivity index (χ1n) is 12.8. The van der Waals surface area contributed by atoms with Crippen molar-refractivity contribution in [3.05, 3.63) is 69.5 Å². The van der Waals surface area contributed by atoms with Gasteiger partial charge in [0.15, 0.2) is 0 Å². The third-order valence-corrected chi connectivity index (χ3v) is 7.38. The second kappa shape index (κ2) is 11.3. The fourth-order valence-electron chi connectivity index (χ4n) is 5.13. The standard InChI is InChI=1S/C26H28ClN5O2.C2H6/c1-3-22(27)20-10-17(2)34-24-11-18(4-5-19(24)12-28)23-6-7-25-29-13-21(32(23)25)15-30-8-9-31(14-20)26(33)16-30;1-2/h4-5,10-11,13,23H,3,6-9,14-16H2,1-2H3;1-2H3/b17-10+,22-20-;. The van der Waals surface area contributed by atoms with E-state index in [-0.39, 0.29) is 11.9 Å². The number of aryl methyl sites for hydroxylation is 1. The molecule has 4 aliphatic rings. The summed E-state index contributed by atoms with van der Waals surface area (Å²) in [6, 6.07) is 8.20. The number of nitrogens with zero attached hydrogens (tertiary/aromatic N) is 5. The SMILES string of the molecule is CC.CC/C(Cl)=C1\C=C(/C)Oc2cc(ccc2C#N)C2CCc3ncc(n32)CN2CCN(C1)C(=O)C2. The van der Waals surface area contributed by atoms with Crippen molar-refractivity contribution in [2.45, 2.75) is 59.5 Å². The van der Waals surface area contributed by atoms with Crippen LogP contribution in [0, 0.1) is 11.3 Å². The third kappa shape index (κ3) is 5.21. The van der Waals surface area contributed by atoms with Crippen LogP contribution in [0.25, 0.3) is 0 Å². The Morgan fingerprint density at radius 3 is 2.78 bits per heavy atom. The minimum absolute atomic E-state index is 0.0954. The number of halogens is 1. The number of imidazole rings is 1. The summed E-state index contributed by atoms with van der Waals surface area (Å²) in [6.45, 7) is 10.8. The first-order chi connectivity index (χ1) is 17.5. The maximum absolute atomic E-state index is 13.0. The highest BCUT2D eigenvalue weighted by molar-refractivity contribution is 6.30. The number of hydrogen-bond donors (Lipinski definition) is 0. The van der Waals surface area contributed by atoms with Crippen LogP contribution < -0.4 is 4.74 Å². The minimum Gasteiger partial charge on any atom is -0.461 e. The molecule has 8 heteroatoms. The van der Waals surface area contributed by atoms with Crippen LogP contribution >= 0.6 is 11.6 Å². The van der Waals surface area contributed by atoms with Crippen molar-refractivity contribution in [2.24, 2.45) is 0 Å². The van der Waals surface area contributed by atoms with Gasteiger partial charge in [0, 0.05) is 43.8 Å². The predicted octanol–water partition coefficient (Wildman–Crippen LogP) is 5.16. The molecule has 1 fully saturated rings. The molecule has 6 rings (SSSR count). The van der Waals surface area contributed by atoms with Crippen molar-refractivity contribution in [1.29, 1.82) is 5.26 Å². The molecule has 7 nitrogen and oxygen atoms in total. The lowest BCUT2D eigenvalue weighted by molar-refractivity contribution is -0.135. The Balaban J connectivity index is 0.00000148. The van der Waals surface area contributed by atoms with Crippen molar-refractivity contribution in [1.82, 2.24) is 19.4 Å². The Hall–Kier alpha value is -3.08. The Morgan fingerprint density at radius 2 is 2.06 bits per heavy atom. The van der Waals surface area contributed by atoms with Gasteiger partial charge in [-0.15, -0.1) is 0 Å². The first-order valence-corrected chi connectivity index (χ1v) is 13.2. The number of aromatic nitrogens is 2. The normalized spacial score (nSPS) is 24.1. The van der Waals surface area contributed by atoms with Crippen molar-refractivity contribution in [2.75, 3.05) is 26.2 Å². The zero-order valence-corrected chi connectivity index (χ0v) is 22.3. The van der Waals surface area contributed by atoms with E-state index in [0.29, 0.717) is 54.7 Å². The van der Waals surface area contributed by atoms with Gasteiger partial charge in [0.25, 0.3) is 0 Å². The summed E-state index contributed by atoms with van der Waals surface area (Å²) in [5.41, 5.74) is 3.56. The van der Waals surface area contributed by atoms with Crippen LogP contribution in [0.15, 0.2) is 46.8 Å². The number of nitriles is 1. The largest absolute Gasteiger partial charge is 0.461 e. The number of hydrogen-bond acceptors (Lipinski definition) is 5. The highest BCUT2D eigenvalue weighted by Crippen LogP contribution is 2.36. The average Bonchev–Trinajstić information content (AvgIpc) is 3.48. The molecular formula is C28H34ClN5O2. The van der Waals surface area contributed by atoms with Crippen LogP contribution in [-0.4, -0.2) is 51.4 Å². The number of allylic oxidation sites excluding steroid dienone is 2. The van der Waals surface area contributed by atoms with E-state index in [1.54, 1.807) is 0 Å². The van der Waals surface area contributed by atoms with Gasteiger partial charge in [0.2, 0.25) is 5.91 Å². The fourth-order valence-corrected chi connectivity index (χ4v) is 5.25. The van der Waals surface area contributed by atoms with Crippen LogP contribution in [0.4, 0.5) is 0 Å². The molecule has 1 aromatic heterocycles. The quantitative estimate of drug-likeness (QED) is 0.533. The van der Waals surface area contributed by atoms with Gasteiger partial charge in [-0.25, -0.2) is 4.98 Å². The third-order valence-electron chi connectivity index (χ3n) is 6.87. The molecular weight excluding hydrogens is 474 g/mol. The van der Waals surface area contributed by atoms with Crippen LogP contribution in [-0.2, 0) is 17.8 Å². The van der Waals surface area contributed by atoms with Crippen LogP contribution in [0.5, 0.6) is 5.75 Å². The van der Waals surface area contributed by atoms with E-state index >= 15 is 0 Å². The lowest BCUT2D eigenvalue weighted by atomic mass is 10.0. The monoisotopic (exact) mass is 507 g/mol. The fraction of sp³-hybridized carbons (Fsp3) is 0.464. The molecule has 5 heterocycles. The molecule has 0 radical (unpaired) electrons. The van der Waals surface area contributed by atoms with Gasteiger partial charge >= 0.3 is 0 Å². The number of carbonyl (C=O) groups excluding carboxylic acids is 1. The van der Waals surface area contributed by atoms with Gasteiger partial charge in [-0.1, -0.05) is 38.4 Å². The smallest absolute Gasteiger partial charge is 0.237 e. The van der Waals surface area contributed by atoms with Crippen LogP contribution in [0.3, 0.4) is 0 Å². The lowest BCUT2D eigenvalue weighted by Gasteiger charge is -2.35. The van der Waals surface area contributed by atoms with E-state index in [1.807, 2.05) is 63.1 Å². The summed E-state index contributed by atoms with van der Waals surface area (Å²) in [6.07, 6.45) is 6.35. The first kappa shape index (κ1) is 26.0. The second-order valence-corrected chi connectivity index (χ2v) is 9.58. The van der Waals surface area contributed by atoms with Gasteiger partial charge in [0.1, 0.15) is 23.4 Å². The molecule has 1 amide bonds. The Bertz CT molecular complexity index is 1240. The van der Waals surface area contributed by atoms with E-state index in [1.165, 1.54) is 0 Å². The van der Waals surface area contributed by atoms with Crippen molar-refractivity contribution in [3.63, 3.8) is 0 Å². The molecule has 0 spiro atoms. The molecule has 1 saturated heterocycles. The molecule has 2 aromatic rings. The molecule has 0 N–H and O–H groups in total. The van der Waals surface area contributed by atoms with E-state index < -0.39 is 0 Å². The second-order valence-electron chi connectivity index (χ2n) is 9.12. The predicted molar refractivity (Wildman–Crippen MR) is 141 cm³/mol. The summed E-state index contributed by atoms with van der Waals surface area (Å²) in [4.78, 5) is 21.8. The van der Waals surface area contributed by atoms with Crippen molar-refractivity contribution in [3.8, 4) is 11.8 Å². The molecule has 2 unspecified atom stereocenters. The Labute approximate surface area is 218 Å². The average molecular weight is 508 g/mol. The number of benzene rings is 1. The maximum atomic E-state index is 13.0. The number of amides is 1. The van der Waals surface area contributed by atoms with Crippen LogP contribution in [0.1, 0.15) is 69.2 Å². The molecule has 190 valence electrons. The zero-order valence-electron chi connectivity index (χ0n) is 21.6. The topological polar surface area (TPSA) is 74.4 Å². The van der Waals surface area contributed by atoms with Crippen molar-refractivity contribution < 1.29 is 9.53 Å². The Kier molecular flexibility index (Phi) is 8.17. The summed E-state index contributed by atoms with van der Waals surface area (Å²) >= 11 is 6.57. The minimum atomic E-state index is 0.0954. The van der Waals surface area contributed by atoms with E-state index in [4.69, 9.17) is 16.3 Å². The number of rotatable bonds is 1. The van der Waals surface area contributed by atoms with E-state index in [9.17, 15) is 10.1 Å². The van der Waals surface area contributed by atoms with Gasteiger partial charge in [0.05, 0.1) is 23.8 Å². The summed E-state index contributed by atoms with van der Waals surface area (Å²) in [5.74, 6) is 2.32. The maximum Gasteiger partial charge on any atom is 0.237 e. The van der Waals surface area contributed by atoms with Crippen LogP contribution in [0.2, 0.25) is 0 Å². The molecule has 0 saturated carbocycles. The number of ether oxygens (including phenoxy) is 1. The molecule has 4 aliphatic heterocycles. The summed E-state index contributed by atoms with van der Waals surface area (Å²) in [7, 11) is 0. The molecule has 1 aromatic carbocycles. The summed E-state index contributed by atoms with van der Waals surface area (Å²) < 4.78 is 8.50. The number of fused-ring (bicyclic) bond motifs is 5. The molecule has 0 aliphatic carbocycles.